The molecule has 0 atom stereocenters. The molecule has 1 heterocycles. The number of benzene rings is 1. The molecule has 0 radical (unpaired) electrons. The second kappa shape index (κ2) is 8.74. The average molecular weight is 336 g/mol. The van der Waals surface area contributed by atoms with Crippen molar-refractivity contribution in [3.63, 3.8) is 0 Å². The van der Waals surface area contributed by atoms with Gasteiger partial charge >= 0.3 is 5.97 Å². The molecule has 1 N–H and O–H groups in total. The molecule has 4 nitrogen and oxygen atoms in total. The van der Waals surface area contributed by atoms with Crippen LogP contribution >= 0.6 is 11.3 Å². The van der Waals surface area contributed by atoms with Crippen molar-refractivity contribution in [2.45, 2.75) is 33.2 Å². The standard InChI is InChI=1S/C17H21FN2O2S/c1-3-22-17(21)16-12(2)23-15(20-16)11-19-10-6-8-13-7-4-5-9-14(13)18/h4-5,7,9,19H,3,6,8,10-11H2,1-2H3. The normalized spacial score (nSPS) is 10.7. The van der Waals surface area contributed by atoms with Crippen LogP contribution in [0.15, 0.2) is 24.3 Å². The van der Waals surface area contributed by atoms with Gasteiger partial charge in [-0.3, -0.25) is 0 Å². The first-order valence-corrected chi connectivity index (χ1v) is 8.51. The van der Waals surface area contributed by atoms with Gasteiger partial charge in [0, 0.05) is 11.4 Å². The highest BCUT2D eigenvalue weighted by atomic mass is 32.1. The van der Waals surface area contributed by atoms with Gasteiger partial charge in [0.2, 0.25) is 0 Å². The minimum absolute atomic E-state index is 0.151. The van der Waals surface area contributed by atoms with Crippen molar-refractivity contribution >= 4 is 17.3 Å². The summed E-state index contributed by atoms with van der Waals surface area (Å²) in [7, 11) is 0. The van der Waals surface area contributed by atoms with Crippen LogP contribution in [0.2, 0.25) is 0 Å². The number of hydrogen-bond acceptors (Lipinski definition) is 5. The maximum Gasteiger partial charge on any atom is 0.358 e. The predicted molar refractivity (Wildman–Crippen MR) is 89.2 cm³/mol. The molecule has 0 saturated carbocycles. The molecule has 0 bridgehead atoms. The fourth-order valence-electron chi connectivity index (χ4n) is 2.22. The number of halogens is 1. The third-order valence-electron chi connectivity index (χ3n) is 3.34. The van der Waals surface area contributed by atoms with Crippen molar-refractivity contribution < 1.29 is 13.9 Å². The topological polar surface area (TPSA) is 51.2 Å². The van der Waals surface area contributed by atoms with Crippen LogP contribution in [0.5, 0.6) is 0 Å². The number of thiazole rings is 1. The van der Waals surface area contributed by atoms with Gasteiger partial charge in [0.15, 0.2) is 5.69 Å². The van der Waals surface area contributed by atoms with Gasteiger partial charge in [-0.2, -0.15) is 0 Å². The zero-order valence-corrected chi connectivity index (χ0v) is 14.2. The average Bonchev–Trinajstić information content (AvgIpc) is 2.90. The van der Waals surface area contributed by atoms with Gasteiger partial charge in [-0.25, -0.2) is 14.2 Å². The highest BCUT2D eigenvalue weighted by Crippen LogP contribution is 2.18. The van der Waals surface area contributed by atoms with Crippen LogP contribution in [0, 0.1) is 12.7 Å². The van der Waals surface area contributed by atoms with Crippen LogP contribution in [0.25, 0.3) is 0 Å². The Balaban J connectivity index is 1.75. The highest BCUT2D eigenvalue weighted by Gasteiger charge is 2.15. The Morgan fingerprint density at radius 3 is 2.91 bits per heavy atom. The fourth-order valence-corrected chi connectivity index (χ4v) is 3.11. The minimum Gasteiger partial charge on any atom is -0.461 e. The molecule has 1 aromatic carbocycles. The SMILES string of the molecule is CCOC(=O)c1nc(CNCCCc2ccccc2F)sc1C. The lowest BCUT2D eigenvalue weighted by Crippen LogP contribution is -2.15. The third kappa shape index (κ3) is 5.11. The van der Waals surface area contributed by atoms with Crippen molar-refractivity contribution in [1.82, 2.24) is 10.3 Å². The maximum absolute atomic E-state index is 13.5. The first-order valence-electron chi connectivity index (χ1n) is 7.69. The molecular formula is C17H21FN2O2S. The molecule has 0 fully saturated rings. The van der Waals surface area contributed by atoms with Crippen LogP contribution < -0.4 is 5.32 Å². The molecule has 0 aliphatic heterocycles. The molecule has 124 valence electrons. The fraction of sp³-hybridized carbons (Fsp3) is 0.412. The van der Waals surface area contributed by atoms with E-state index in [9.17, 15) is 9.18 Å². The van der Waals surface area contributed by atoms with E-state index < -0.39 is 0 Å². The predicted octanol–water partition coefficient (Wildman–Crippen LogP) is 3.49. The summed E-state index contributed by atoms with van der Waals surface area (Å²) < 4.78 is 18.5. The van der Waals surface area contributed by atoms with E-state index in [1.165, 1.54) is 17.4 Å². The Kier molecular flexibility index (Phi) is 6.67. The van der Waals surface area contributed by atoms with Gasteiger partial charge in [0.05, 0.1) is 6.61 Å². The molecule has 2 rings (SSSR count). The number of carbonyl (C=O) groups excluding carboxylic acids is 1. The van der Waals surface area contributed by atoms with Gasteiger partial charge in [0.1, 0.15) is 10.8 Å². The third-order valence-corrected chi connectivity index (χ3v) is 4.31. The number of carbonyl (C=O) groups is 1. The van der Waals surface area contributed by atoms with Gasteiger partial charge in [0.25, 0.3) is 0 Å². The van der Waals surface area contributed by atoms with Gasteiger partial charge in [-0.15, -0.1) is 11.3 Å². The Bertz CT molecular complexity index is 658. The molecular weight excluding hydrogens is 315 g/mol. The lowest BCUT2D eigenvalue weighted by Gasteiger charge is -2.04. The Morgan fingerprint density at radius 1 is 1.39 bits per heavy atom. The lowest BCUT2D eigenvalue weighted by atomic mass is 10.1. The summed E-state index contributed by atoms with van der Waals surface area (Å²) in [6.45, 7) is 5.35. The molecule has 0 spiro atoms. The Morgan fingerprint density at radius 2 is 2.17 bits per heavy atom. The summed E-state index contributed by atoms with van der Waals surface area (Å²) in [6, 6.07) is 6.84. The summed E-state index contributed by atoms with van der Waals surface area (Å²) in [5, 5.41) is 4.13. The van der Waals surface area contributed by atoms with Crippen molar-refractivity contribution in [3.8, 4) is 0 Å². The molecule has 0 saturated heterocycles. The van der Waals surface area contributed by atoms with E-state index in [1.807, 2.05) is 19.1 Å². The monoisotopic (exact) mass is 336 g/mol. The summed E-state index contributed by atoms with van der Waals surface area (Å²) in [5.74, 6) is -0.519. The van der Waals surface area contributed by atoms with E-state index in [2.05, 4.69) is 10.3 Å². The molecule has 0 aliphatic rings. The first-order chi connectivity index (χ1) is 11.1. The number of ether oxygens (including phenoxy) is 1. The number of rotatable bonds is 8. The van der Waals surface area contributed by atoms with Gasteiger partial charge < -0.3 is 10.1 Å². The summed E-state index contributed by atoms with van der Waals surface area (Å²) in [5.41, 5.74) is 1.14. The molecule has 0 amide bonds. The zero-order valence-electron chi connectivity index (χ0n) is 13.4. The van der Waals surface area contributed by atoms with Gasteiger partial charge in [-0.1, -0.05) is 18.2 Å². The van der Waals surface area contributed by atoms with Crippen LogP contribution in [0.4, 0.5) is 4.39 Å². The van der Waals surface area contributed by atoms with Crippen LogP contribution in [0.1, 0.15) is 39.3 Å². The van der Waals surface area contributed by atoms with Crippen LogP contribution in [-0.2, 0) is 17.7 Å². The maximum atomic E-state index is 13.5. The van der Waals surface area contributed by atoms with Crippen molar-refractivity contribution in [1.29, 1.82) is 0 Å². The quantitative estimate of drug-likeness (QED) is 0.592. The van der Waals surface area contributed by atoms with E-state index >= 15 is 0 Å². The lowest BCUT2D eigenvalue weighted by molar-refractivity contribution is 0.0519. The van der Waals surface area contributed by atoms with Crippen molar-refractivity contribution in [2.24, 2.45) is 0 Å². The Labute approximate surface area is 139 Å². The minimum atomic E-state index is -0.368. The van der Waals surface area contributed by atoms with E-state index in [4.69, 9.17) is 4.74 Å². The van der Waals surface area contributed by atoms with Gasteiger partial charge in [-0.05, 0) is 44.9 Å². The molecule has 6 heteroatoms. The molecule has 1 aromatic heterocycles. The second-order valence-corrected chi connectivity index (χ2v) is 6.39. The second-order valence-electron chi connectivity index (χ2n) is 5.10. The Hall–Kier alpha value is -1.79. The van der Waals surface area contributed by atoms with Crippen LogP contribution in [-0.4, -0.2) is 24.1 Å². The first kappa shape index (κ1) is 17.6. The zero-order chi connectivity index (χ0) is 16.7. The molecule has 2 aromatic rings. The smallest absolute Gasteiger partial charge is 0.358 e. The molecule has 0 aliphatic carbocycles. The van der Waals surface area contributed by atoms with Crippen molar-refractivity contribution in [2.75, 3.05) is 13.2 Å². The molecule has 23 heavy (non-hydrogen) atoms. The number of esters is 1. The van der Waals surface area contributed by atoms with E-state index in [-0.39, 0.29) is 11.8 Å². The number of hydrogen-bond donors (Lipinski definition) is 1. The van der Waals surface area contributed by atoms with E-state index in [0.717, 1.165) is 28.4 Å². The summed E-state index contributed by atoms with van der Waals surface area (Å²) in [4.78, 5) is 16.9. The van der Waals surface area contributed by atoms with E-state index in [0.29, 0.717) is 25.3 Å². The number of nitrogens with zero attached hydrogens (tertiary/aromatic N) is 1. The highest BCUT2D eigenvalue weighted by molar-refractivity contribution is 7.11. The summed E-state index contributed by atoms with van der Waals surface area (Å²) in [6.07, 6.45) is 1.54. The number of aromatic nitrogens is 1. The molecule has 0 unspecified atom stereocenters. The number of nitrogens with one attached hydrogen (secondary N) is 1. The van der Waals surface area contributed by atoms with Crippen molar-refractivity contribution in [3.05, 3.63) is 51.2 Å². The van der Waals surface area contributed by atoms with E-state index in [1.54, 1.807) is 13.0 Å². The largest absolute Gasteiger partial charge is 0.461 e. The van der Waals surface area contributed by atoms with Crippen LogP contribution in [0.3, 0.4) is 0 Å². The summed E-state index contributed by atoms with van der Waals surface area (Å²) >= 11 is 1.49. The number of aryl methyl sites for hydroxylation is 2.